The first-order chi connectivity index (χ1) is 8.52. The fourth-order valence-electron chi connectivity index (χ4n) is 3.12. The molecule has 0 aliphatic heterocycles. The molecule has 0 rings (SSSR count). The maximum atomic E-state index is 6.89. The van der Waals surface area contributed by atoms with Crippen LogP contribution in [-0.4, -0.2) is 4.87 Å². The van der Waals surface area contributed by atoms with Gasteiger partial charge in [0.1, 0.15) is 0 Å². The molecule has 0 saturated heterocycles. The molecule has 110 valence electrons. The van der Waals surface area contributed by atoms with Crippen LogP contribution < -0.4 is 0 Å². The lowest BCUT2D eigenvalue weighted by molar-refractivity contribution is 0.251. The zero-order valence-corrected chi connectivity index (χ0v) is 14.2. The van der Waals surface area contributed by atoms with Gasteiger partial charge in [-0.05, 0) is 24.7 Å². The molecule has 1 heteroatoms. The number of alkyl halides is 1. The molecule has 0 bridgehead atoms. The van der Waals surface area contributed by atoms with Crippen molar-refractivity contribution in [3.8, 4) is 0 Å². The van der Waals surface area contributed by atoms with Crippen LogP contribution in [-0.2, 0) is 0 Å². The van der Waals surface area contributed by atoms with Crippen LogP contribution in [0.1, 0.15) is 92.4 Å². The zero-order valence-electron chi connectivity index (χ0n) is 13.4. The van der Waals surface area contributed by atoms with Gasteiger partial charge in [-0.3, -0.25) is 0 Å². The summed E-state index contributed by atoms with van der Waals surface area (Å²) in [6.07, 6.45) is 12.0. The Balaban J connectivity index is 4.02. The molecule has 0 aliphatic carbocycles. The first kappa shape index (κ1) is 18.3. The van der Waals surface area contributed by atoms with Crippen molar-refractivity contribution in [2.75, 3.05) is 0 Å². The van der Waals surface area contributed by atoms with Crippen molar-refractivity contribution >= 4 is 11.6 Å². The Bertz CT molecular complexity index is 188. The Morgan fingerprint density at radius 1 is 0.889 bits per heavy atom. The van der Waals surface area contributed by atoms with Gasteiger partial charge in [0, 0.05) is 4.87 Å². The van der Waals surface area contributed by atoms with Gasteiger partial charge in [0.2, 0.25) is 0 Å². The van der Waals surface area contributed by atoms with E-state index in [0.717, 1.165) is 6.42 Å². The van der Waals surface area contributed by atoms with E-state index in [0.29, 0.717) is 11.8 Å². The van der Waals surface area contributed by atoms with Crippen molar-refractivity contribution in [1.29, 1.82) is 0 Å². The Labute approximate surface area is 121 Å². The largest absolute Gasteiger partial charge is 0.119 e. The van der Waals surface area contributed by atoms with Crippen LogP contribution in [0.15, 0.2) is 0 Å². The predicted octanol–water partition coefficient (Wildman–Crippen LogP) is 6.81. The Kier molecular flexibility index (Phi) is 10.3. The van der Waals surface area contributed by atoms with E-state index in [1.54, 1.807) is 0 Å². The summed E-state index contributed by atoms with van der Waals surface area (Å²) in [6, 6.07) is 0. The summed E-state index contributed by atoms with van der Waals surface area (Å²) in [4.78, 5) is 0.0260. The molecule has 0 radical (unpaired) electrons. The van der Waals surface area contributed by atoms with Crippen molar-refractivity contribution in [2.45, 2.75) is 97.3 Å². The highest BCUT2D eigenvalue weighted by molar-refractivity contribution is 6.24. The molecule has 0 aliphatic rings. The molecule has 0 amide bonds. The monoisotopic (exact) mass is 274 g/mol. The first-order valence-corrected chi connectivity index (χ1v) is 8.59. The minimum atomic E-state index is 0.0260. The quantitative estimate of drug-likeness (QED) is 0.287. The summed E-state index contributed by atoms with van der Waals surface area (Å²) in [5, 5.41) is 0. The van der Waals surface area contributed by atoms with Gasteiger partial charge in [-0.1, -0.05) is 79.6 Å². The van der Waals surface area contributed by atoms with Crippen molar-refractivity contribution in [2.24, 2.45) is 11.8 Å². The topological polar surface area (TPSA) is 0 Å². The van der Waals surface area contributed by atoms with Gasteiger partial charge in [0.15, 0.2) is 0 Å². The third kappa shape index (κ3) is 5.95. The summed E-state index contributed by atoms with van der Waals surface area (Å²) in [5.74, 6) is 1.27. The third-order valence-corrected chi connectivity index (χ3v) is 5.59. The SMILES string of the molecule is CCCCCCCCC(CC)C(Cl)(CC)C(C)C. The fraction of sp³-hybridized carbons (Fsp3) is 1.00. The Morgan fingerprint density at radius 3 is 1.89 bits per heavy atom. The number of halogens is 1. The molecular weight excluding hydrogens is 240 g/mol. The summed E-state index contributed by atoms with van der Waals surface area (Å²) in [5.41, 5.74) is 0. The molecular formula is C17H35Cl. The van der Waals surface area contributed by atoms with Gasteiger partial charge >= 0.3 is 0 Å². The van der Waals surface area contributed by atoms with Gasteiger partial charge in [-0.2, -0.15) is 0 Å². The molecule has 0 aromatic heterocycles. The van der Waals surface area contributed by atoms with Crippen LogP contribution in [0.4, 0.5) is 0 Å². The van der Waals surface area contributed by atoms with Crippen LogP contribution in [0.5, 0.6) is 0 Å². The van der Waals surface area contributed by atoms with Gasteiger partial charge < -0.3 is 0 Å². The molecule has 18 heavy (non-hydrogen) atoms. The molecule has 0 fully saturated rings. The summed E-state index contributed by atoms with van der Waals surface area (Å²) in [6.45, 7) is 11.4. The molecule has 2 atom stereocenters. The second kappa shape index (κ2) is 10.1. The minimum absolute atomic E-state index is 0.0260. The van der Waals surface area contributed by atoms with E-state index in [4.69, 9.17) is 11.6 Å². The highest BCUT2D eigenvalue weighted by atomic mass is 35.5. The molecule has 0 aromatic rings. The normalized spacial score (nSPS) is 16.8. The van der Waals surface area contributed by atoms with Crippen molar-refractivity contribution in [3.63, 3.8) is 0 Å². The third-order valence-electron chi connectivity index (χ3n) is 4.58. The van der Waals surface area contributed by atoms with Crippen molar-refractivity contribution in [3.05, 3.63) is 0 Å². The van der Waals surface area contributed by atoms with Crippen molar-refractivity contribution < 1.29 is 0 Å². The highest BCUT2D eigenvalue weighted by Gasteiger charge is 2.36. The van der Waals surface area contributed by atoms with Crippen LogP contribution >= 0.6 is 11.6 Å². The number of unbranched alkanes of at least 4 members (excludes halogenated alkanes) is 5. The summed E-state index contributed by atoms with van der Waals surface area (Å²) >= 11 is 6.89. The molecule has 2 unspecified atom stereocenters. The summed E-state index contributed by atoms with van der Waals surface area (Å²) < 4.78 is 0. The van der Waals surface area contributed by atoms with E-state index in [2.05, 4.69) is 34.6 Å². The molecule has 0 N–H and O–H groups in total. The second-order valence-electron chi connectivity index (χ2n) is 6.10. The number of hydrogen-bond donors (Lipinski definition) is 0. The molecule has 0 spiro atoms. The molecule has 0 saturated carbocycles. The number of hydrogen-bond acceptors (Lipinski definition) is 0. The average Bonchev–Trinajstić information content (AvgIpc) is 2.37. The van der Waals surface area contributed by atoms with Crippen LogP contribution in [0.3, 0.4) is 0 Å². The maximum Gasteiger partial charge on any atom is 0.0495 e. The van der Waals surface area contributed by atoms with E-state index in [1.807, 2.05) is 0 Å². The standard InChI is InChI=1S/C17H35Cl/c1-6-9-10-11-12-13-14-16(7-2)17(18,8-3)15(4)5/h15-16H,6-14H2,1-5H3. The highest BCUT2D eigenvalue weighted by Crippen LogP contribution is 2.41. The van der Waals surface area contributed by atoms with Gasteiger partial charge in [-0.15, -0.1) is 11.6 Å². The summed E-state index contributed by atoms with van der Waals surface area (Å²) in [7, 11) is 0. The second-order valence-corrected chi connectivity index (χ2v) is 6.80. The molecule has 0 aromatic carbocycles. The zero-order chi connectivity index (χ0) is 14.0. The minimum Gasteiger partial charge on any atom is -0.119 e. The number of rotatable bonds is 11. The lowest BCUT2D eigenvalue weighted by Gasteiger charge is -2.38. The van der Waals surface area contributed by atoms with Crippen LogP contribution in [0, 0.1) is 11.8 Å². The Hall–Kier alpha value is 0.290. The predicted molar refractivity (Wildman–Crippen MR) is 85.5 cm³/mol. The fourth-order valence-corrected chi connectivity index (χ4v) is 3.39. The van der Waals surface area contributed by atoms with Crippen LogP contribution in [0.25, 0.3) is 0 Å². The lowest BCUT2D eigenvalue weighted by Crippen LogP contribution is -2.36. The van der Waals surface area contributed by atoms with E-state index in [9.17, 15) is 0 Å². The lowest BCUT2D eigenvalue weighted by atomic mass is 9.76. The van der Waals surface area contributed by atoms with Gasteiger partial charge in [0.05, 0.1) is 0 Å². The van der Waals surface area contributed by atoms with E-state index in [1.165, 1.54) is 51.4 Å². The van der Waals surface area contributed by atoms with Gasteiger partial charge in [0.25, 0.3) is 0 Å². The van der Waals surface area contributed by atoms with Gasteiger partial charge in [-0.25, -0.2) is 0 Å². The van der Waals surface area contributed by atoms with E-state index >= 15 is 0 Å². The van der Waals surface area contributed by atoms with Crippen molar-refractivity contribution in [1.82, 2.24) is 0 Å². The average molecular weight is 275 g/mol. The van der Waals surface area contributed by atoms with Crippen LogP contribution in [0.2, 0.25) is 0 Å². The first-order valence-electron chi connectivity index (χ1n) is 8.21. The molecule has 0 nitrogen and oxygen atoms in total. The van der Waals surface area contributed by atoms with E-state index < -0.39 is 0 Å². The van der Waals surface area contributed by atoms with E-state index in [-0.39, 0.29) is 4.87 Å². The Morgan fingerprint density at radius 2 is 1.44 bits per heavy atom. The smallest absolute Gasteiger partial charge is 0.0495 e. The molecule has 0 heterocycles. The maximum absolute atomic E-state index is 6.89.